The minimum atomic E-state index is 0.627. The number of methoxy groups -OCH3 is 2. The third kappa shape index (κ3) is 9.27. The topological polar surface area (TPSA) is 76.1 Å². The van der Waals surface area contributed by atoms with Crippen molar-refractivity contribution in [1.29, 1.82) is 0 Å². The zero-order chi connectivity index (χ0) is 22.3. The molecule has 0 radical (unpaired) electrons. The number of guanidine groups is 1. The number of hydrogen-bond donors (Lipinski definition) is 3. The zero-order valence-corrected chi connectivity index (χ0v) is 19.2. The summed E-state index contributed by atoms with van der Waals surface area (Å²) in [6.07, 6.45) is 0.862. The van der Waals surface area contributed by atoms with Gasteiger partial charge in [0.25, 0.3) is 0 Å². The second-order valence-corrected chi connectivity index (χ2v) is 7.20. The van der Waals surface area contributed by atoms with Gasteiger partial charge < -0.3 is 30.2 Å². The summed E-state index contributed by atoms with van der Waals surface area (Å²) in [4.78, 5) is 4.33. The number of aryl methyl sites for hydroxylation is 1. The lowest BCUT2D eigenvalue weighted by Gasteiger charge is -2.16. The predicted octanol–water partition coefficient (Wildman–Crippen LogP) is 3.33. The van der Waals surface area contributed by atoms with E-state index in [1.807, 2.05) is 0 Å². The van der Waals surface area contributed by atoms with Gasteiger partial charge in [0.1, 0.15) is 5.75 Å². The molecule has 7 heteroatoms. The van der Waals surface area contributed by atoms with Crippen LogP contribution in [0.3, 0.4) is 0 Å². The molecule has 2 aromatic carbocycles. The summed E-state index contributed by atoms with van der Waals surface area (Å²) in [5, 5.41) is 10.0. The molecule has 0 saturated heterocycles. The lowest BCUT2D eigenvalue weighted by molar-refractivity contribution is 0.171. The fourth-order valence-electron chi connectivity index (χ4n) is 2.95. The predicted molar refractivity (Wildman–Crippen MR) is 127 cm³/mol. The largest absolute Gasteiger partial charge is 0.493 e. The first-order chi connectivity index (χ1) is 15.2. The quantitative estimate of drug-likeness (QED) is 0.258. The highest BCUT2D eigenvalue weighted by atomic mass is 16.5. The van der Waals surface area contributed by atoms with Crippen LogP contribution in [0.1, 0.15) is 23.1 Å². The van der Waals surface area contributed by atoms with E-state index < -0.39 is 0 Å². The molecule has 170 valence electrons. The van der Waals surface area contributed by atoms with Gasteiger partial charge in [-0.3, -0.25) is 4.99 Å². The summed E-state index contributed by atoms with van der Waals surface area (Å²) in [7, 11) is 5.18. The van der Waals surface area contributed by atoms with Crippen molar-refractivity contribution in [2.24, 2.45) is 4.99 Å². The van der Waals surface area contributed by atoms with E-state index in [0.29, 0.717) is 32.9 Å². The standard InChI is InChI=1S/C24H36N4O3/c1-19-6-9-21(23(16-19)31-14-5-13-29-3)18-28-24(25-2)27-17-20-7-10-22(11-8-20)26-12-15-30-4/h6-11,16,26H,5,12-15,17-18H2,1-4H3,(H2,25,27,28). The van der Waals surface area contributed by atoms with E-state index in [-0.39, 0.29) is 0 Å². The first kappa shape index (κ1) is 24.5. The average molecular weight is 429 g/mol. The Bertz CT molecular complexity index is 794. The van der Waals surface area contributed by atoms with E-state index in [0.717, 1.165) is 35.9 Å². The second-order valence-electron chi connectivity index (χ2n) is 7.20. The first-order valence-corrected chi connectivity index (χ1v) is 10.6. The van der Waals surface area contributed by atoms with Gasteiger partial charge in [-0.15, -0.1) is 0 Å². The zero-order valence-electron chi connectivity index (χ0n) is 19.2. The van der Waals surface area contributed by atoms with Crippen molar-refractivity contribution < 1.29 is 14.2 Å². The van der Waals surface area contributed by atoms with Gasteiger partial charge in [0.15, 0.2) is 5.96 Å². The number of anilines is 1. The molecule has 2 rings (SSSR count). The van der Waals surface area contributed by atoms with E-state index >= 15 is 0 Å². The van der Waals surface area contributed by atoms with E-state index in [9.17, 15) is 0 Å². The van der Waals surface area contributed by atoms with Crippen LogP contribution in [0.4, 0.5) is 5.69 Å². The van der Waals surface area contributed by atoms with Crippen LogP contribution in [0.5, 0.6) is 5.75 Å². The molecule has 0 saturated carbocycles. The summed E-state index contributed by atoms with van der Waals surface area (Å²) in [5.41, 5.74) is 4.53. The summed E-state index contributed by atoms with van der Waals surface area (Å²) in [6.45, 7) is 6.19. The maximum absolute atomic E-state index is 5.97. The Morgan fingerprint density at radius 2 is 1.65 bits per heavy atom. The molecule has 0 atom stereocenters. The molecule has 31 heavy (non-hydrogen) atoms. The first-order valence-electron chi connectivity index (χ1n) is 10.6. The van der Waals surface area contributed by atoms with Crippen LogP contribution >= 0.6 is 0 Å². The Labute approximate surface area is 186 Å². The van der Waals surface area contributed by atoms with Gasteiger partial charge in [-0.05, 0) is 36.2 Å². The van der Waals surface area contributed by atoms with Crippen molar-refractivity contribution in [2.75, 3.05) is 52.9 Å². The van der Waals surface area contributed by atoms with Crippen LogP contribution in [0.2, 0.25) is 0 Å². The lowest BCUT2D eigenvalue weighted by Crippen LogP contribution is -2.36. The van der Waals surface area contributed by atoms with Crippen molar-refractivity contribution >= 4 is 11.6 Å². The Hall–Kier alpha value is -2.77. The molecule has 0 fully saturated rings. The number of ether oxygens (including phenoxy) is 3. The molecule has 0 aliphatic carbocycles. The minimum absolute atomic E-state index is 0.627. The number of rotatable bonds is 13. The normalized spacial score (nSPS) is 11.3. The number of nitrogens with zero attached hydrogens (tertiary/aromatic N) is 1. The van der Waals surface area contributed by atoms with Gasteiger partial charge in [0, 0.05) is 65.2 Å². The molecule has 0 unspecified atom stereocenters. The van der Waals surface area contributed by atoms with Gasteiger partial charge in [0.2, 0.25) is 0 Å². The van der Waals surface area contributed by atoms with Gasteiger partial charge in [-0.25, -0.2) is 0 Å². The monoisotopic (exact) mass is 428 g/mol. The van der Waals surface area contributed by atoms with Crippen LogP contribution in [0.15, 0.2) is 47.5 Å². The van der Waals surface area contributed by atoms with Crippen molar-refractivity contribution in [3.8, 4) is 5.75 Å². The Morgan fingerprint density at radius 1 is 0.903 bits per heavy atom. The van der Waals surface area contributed by atoms with Crippen molar-refractivity contribution in [1.82, 2.24) is 10.6 Å². The SMILES string of the molecule is CN=C(NCc1ccc(NCCOC)cc1)NCc1ccc(C)cc1OCCCOC. The van der Waals surface area contributed by atoms with E-state index in [1.54, 1.807) is 21.3 Å². The molecular formula is C24H36N4O3. The molecule has 0 amide bonds. The molecular weight excluding hydrogens is 392 g/mol. The number of hydrogen-bond acceptors (Lipinski definition) is 5. The van der Waals surface area contributed by atoms with E-state index in [2.05, 4.69) is 70.3 Å². The summed E-state index contributed by atoms with van der Waals surface area (Å²) < 4.78 is 16.1. The minimum Gasteiger partial charge on any atom is -0.493 e. The van der Waals surface area contributed by atoms with E-state index in [1.165, 1.54) is 11.1 Å². The van der Waals surface area contributed by atoms with Gasteiger partial charge in [0.05, 0.1) is 13.2 Å². The smallest absolute Gasteiger partial charge is 0.191 e. The number of nitrogens with one attached hydrogen (secondary N) is 3. The maximum Gasteiger partial charge on any atom is 0.191 e. The molecule has 0 aromatic heterocycles. The molecule has 0 bridgehead atoms. The highest BCUT2D eigenvalue weighted by Crippen LogP contribution is 2.20. The van der Waals surface area contributed by atoms with E-state index in [4.69, 9.17) is 14.2 Å². The Balaban J connectivity index is 1.84. The third-order valence-corrected chi connectivity index (χ3v) is 4.69. The summed E-state index contributed by atoms with van der Waals surface area (Å²) in [5.74, 6) is 1.64. The van der Waals surface area contributed by atoms with Gasteiger partial charge >= 0.3 is 0 Å². The molecule has 2 aromatic rings. The molecule has 0 aliphatic heterocycles. The lowest BCUT2D eigenvalue weighted by atomic mass is 10.1. The van der Waals surface area contributed by atoms with Gasteiger partial charge in [-0.2, -0.15) is 0 Å². The Morgan fingerprint density at radius 3 is 2.35 bits per heavy atom. The summed E-state index contributed by atoms with van der Waals surface area (Å²) in [6, 6.07) is 14.6. The highest BCUT2D eigenvalue weighted by molar-refractivity contribution is 5.79. The highest BCUT2D eigenvalue weighted by Gasteiger charge is 2.06. The summed E-state index contributed by atoms with van der Waals surface area (Å²) >= 11 is 0. The second kappa shape index (κ2) is 14.3. The maximum atomic E-state index is 5.97. The van der Waals surface area contributed by atoms with Crippen molar-refractivity contribution in [3.05, 3.63) is 59.2 Å². The molecule has 0 aliphatic rings. The van der Waals surface area contributed by atoms with Crippen molar-refractivity contribution in [2.45, 2.75) is 26.4 Å². The third-order valence-electron chi connectivity index (χ3n) is 4.69. The van der Waals surface area contributed by atoms with Crippen LogP contribution < -0.4 is 20.7 Å². The van der Waals surface area contributed by atoms with Gasteiger partial charge in [-0.1, -0.05) is 24.3 Å². The molecule has 3 N–H and O–H groups in total. The number of aliphatic imine (C=N–C) groups is 1. The molecule has 0 heterocycles. The van der Waals surface area contributed by atoms with Crippen LogP contribution in [0.25, 0.3) is 0 Å². The van der Waals surface area contributed by atoms with Crippen molar-refractivity contribution in [3.63, 3.8) is 0 Å². The van der Waals surface area contributed by atoms with Crippen LogP contribution in [-0.2, 0) is 22.6 Å². The average Bonchev–Trinajstić information content (AvgIpc) is 2.79. The number of benzene rings is 2. The molecule has 7 nitrogen and oxygen atoms in total. The van der Waals surface area contributed by atoms with Crippen LogP contribution in [-0.4, -0.2) is 53.6 Å². The fraction of sp³-hybridized carbons (Fsp3) is 0.458. The van der Waals surface area contributed by atoms with Crippen LogP contribution in [0, 0.1) is 6.92 Å². The molecule has 0 spiro atoms. The Kier molecular flexibility index (Phi) is 11.3. The fourth-order valence-corrected chi connectivity index (χ4v) is 2.95.